The van der Waals surface area contributed by atoms with E-state index in [1.807, 2.05) is 48.5 Å². The third kappa shape index (κ3) is 3.04. The zero-order chi connectivity index (χ0) is 15.5. The Kier molecular flexibility index (Phi) is 3.98. The Bertz CT molecular complexity index is 752. The molecule has 0 saturated heterocycles. The van der Waals surface area contributed by atoms with Crippen LogP contribution in [0.5, 0.6) is 0 Å². The Morgan fingerprint density at radius 3 is 2.18 bits per heavy atom. The van der Waals surface area contributed by atoms with Gasteiger partial charge in [-0.15, -0.1) is 0 Å². The highest BCUT2D eigenvalue weighted by molar-refractivity contribution is 6.30. The Balaban J connectivity index is 1.76. The number of oxime groups is 1. The summed E-state index contributed by atoms with van der Waals surface area (Å²) < 4.78 is 0. The average Bonchev–Trinajstić information content (AvgIpc) is 2.85. The first kappa shape index (κ1) is 14.4. The summed E-state index contributed by atoms with van der Waals surface area (Å²) in [4.78, 5) is 15.9. The highest BCUT2D eigenvalue weighted by atomic mass is 35.5. The Labute approximate surface area is 132 Å². The molecule has 1 atom stereocenters. The molecule has 6 heteroatoms. The molecule has 0 bridgehead atoms. The summed E-state index contributed by atoms with van der Waals surface area (Å²) in [5.41, 5.74) is 3.28. The average molecular weight is 314 g/mol. The summed E-state index contributed by atoms with van der Waals surface area (Å²) in [5, 5.41) is 12.3. The molecule has 1 aliphatic rings. The summed E-state index contributed by atoms with van der Waals surface area (Å²) >= 11 is 5.88. The van der Waals surface area contributed by atoms with Crippen LogP contribution in [0.15, 0.2) is 63.9 Å². The second-order valence-electron chi connectivity index (χ2n) is 4.81. The van der Waals surface area contributed by atoms with Crippen molar-refractivity contribution in [2.75, 3.05) is 0 Å². The summed E-state index contributed by atoms with van der Waals surface area (Å²) in [6.45, 7) is 1.68. The van der Waals surface area contributed by atoms with Crippen LogP contribution < -0.4 is 0 Å². The zero-order valence-electron chi connectivity index (χ0n) is 11.7. The van der Waals surface area contributed by atoms with Gasteiger partial charge in [0.05, 0.1) is 11.4 Å². The highest BCUT2D eigenvalue weighted by Crippen LogP contribution is 2.24. The molecule has 0 radical (unpaired) electrons. The maximum absolute atomic E-state index is 11.4. The minimum absolute atomic E-state index is 0.501. The van der Waals surface area contributed by atoms with Crippen molar-refractivity contribution in [3.05, 3.63) is 53.6 Å². The van der Waals surface area contributed by atoms with Crippen LogP contribution in [0.25, 0.3) is 11.1 Å². The fourth-order valence-corrected chi connectivity index (χ4v) is 2.13. The smallest absolute Gasteiger partial charge is 0.315 e. The van der Waals surface area contributed by atoms with E-state index in [-0.39, 0.29) is 0 Å². The molecule has 0 aromatic heterocycles. The van der Waals surface area contributed by atoms with Crippen molar-refractivity contribution in [2.24, 2.45) is 15.4 Å². The summed E-state index contributed by atoms with van der Waals surface area (Å²) in [5.74, 6) is -0.501. The first-order chi connectivity index (χ1) is 10.6. The lowest BCUT2D eigenvalue weighted by molar-refractivity contribution is -0.141. The van der Waals surface area contributed by atoms with Gasteiger partial charge in [0.15, 0.2) is 0 Å². The predicted octanol–water partition coefficient (Wildman–Crippen LogP) is 4.39. The topological polar surface area (TPSA) is 63.4 Å². The van der Waals surface area contributed by atoms with Crippen LogP contribution in [0.3, 0.4) is 0 Å². The van der Waals surface area contributed by atoms with Crippen LogP contribution in [-0.2, 0) is 9.63 Å². The van der Waals surface area contributed by atoms with E-state index in [1.54, 1.807) is 6.92 Å². The fraction of sp³-hybridized carbons (Fsp3) is 0.125. The van der Waals surface area contributed by atoms with Crippen LogP contribution in [0, 0.1) is 0 Å². The molecule has 2 aromatic rings. The van der Waals surface area contributed by atoms with E-state index in [2.05, 4.69) is 20.2 Å². The molecule has 0 amide bonds. The molecule has 1 aliphatic heterocycles. The molecule has 110 valence electrons. The van der Waals surface area contributed by atoms with Crippen LogP contribution in [-0.4, -0.2) is 17.7 Å². The van der Waals surface area contributed by atoms with Crippen molar-refractivity contribution in [3.8, 4) is 11.1 Å². The van der Waals surface area contributed by atoms with E-state index >= 15 is 0 Å². The molecule has 22 heavy (non-hydrogen) atoms. The second-order valence-corrected chi connectivity index (χ2v) is 5.25. The number of carbonyl (C=O) groups is 1. The monoisotopic (exact) mass is 313 g/mol. The van der Waals surface area contributed by atoms with Gasteiger partial charge in [-0.3, -0.25) is 0 Å². The molecule has 2 aromatic carbocycles. The van der Waals surface area contributed by atoms with Crippen molar-refractivity contribution < 1.29 is 9.63 Å². The normalized spacial score (nSPS) is 17.6. The molecular formula is C16H12ClN3O2. The fourth-order valence-electron chi connectivity index (χ4n) is 2.01. The van der Waals surface area contributed by atoms with E-state index in [0.29, 0.717) is 16.4 Å². The van der Waals surface area contributed by atoms with Crippen molar-refractivity contribution in [1.29, 1.82) is 0 Å². The van der Waals surface area contributed by atoms with Gasteiger partial charge in [0.2, 0.25) is 6.04 Å². The second kappa shape index (κ2) is 6.07. The third-order valence-corrected chi connectivity index (χ3v) is 3.48. The standard InChI is InChI=1S/C16H12ClN3O2/c1-10-15(16(21)22-20-10)19-18-14-8-4-12(5-9-14)11-2-6-13(17)7-3-11/h2-9,15H,1H3. The van der Waals surface area contributed by atoms with E-state index in [0.717, 1.165) is 11.1 Å². The van der Waals surface area contributed by atoms with E-state index in [9.17, 15) is 4.79 Å². The van der Waals surface area contributed by atoms with Crippen molar-refractivity contribution in [3.63, 3.8) is 0 Å². The van der Waals surface area contributed by atoms with Gasteiger partial charge in [-0.05, 0) is 42.3 Å². The largest absolute Gasteiger partial charge is 0.367 e. The SMILES string of the molecule is CC1=NOC(=O)C1N=Nc1ccc(-c2ccc(Cl)cc2)cc1. The number of nitrogens with zero attached hydrogens (tertiary/aromatic N) is 3. The Morgan fingerprint density at radius 2 is 1.64 bits per heavy atom. The third-order valence-electron chi connectivity index (χ3n) is 3.23. The first-order valence-corrected chi connectivity index (χ1v) is 7.03. The van der Waals surface area contributed by atoms with Gasteiger partial charge in [0, 0.05) is 5.02 Å². The van der Waals surface area contributed by atoms with E-state index in [4.69, 9.17) is 11.6 Å². The molecule has 3 rings (SSSR count). The van der Waals surface area contributed by atoms with Crippen molar-refractivity contribution >= 4 is 29.0 Å². The Morgan fingerprint density at radius 1 is 1.05 bits per heavy atom. The maximum Gasteiger partial charge on any atom is 0.367 e. The van der Waals surface area contributed by atoms with Crippen molar-refractivity contribution in [2.45, 2.75) is 13.0 Å². The number of azo groups is 1. The molecule has 5 nitrogen and oxygen atoms in total. The number of carbonyl (C=O) groups excluding carboxylic acids is 1. The molecule has 1 unspecified atom stereocenters. The van der Waals surface area contributed by atoms with Gasteiger partial charge >= 0.3 is 5.97 Å². The summed E-state index contributed by atoms with van der Waals surface area (Å²) in [7, 11) is 0. The molecule has 0 spiro atoms. The van der Waals surface area contributed by atoms with Gasteiger partial charge in [-0.2, -0.15) is 10.2 Å². The van der Waals surface area contributed by atoms with Gasteiger partial charge in [0.1, 0.15) is 0 Å². The number of halogens is 1. The lowest BCUT2D eigenvalue weighted by atomic mass is 10.1. The minimum Gasteiger partial charge on any atom is -0.315 e. The van der Waals surface area contributed by atoms with Crippen LogP contribution >= 0.6 is 11.6 Å². The predicted molar refractivity (Wildman–Crippen MR) is 84.4 cm³/mol. The summed E-state index contributed by atoms with van der Waals surface area (Å²) in [6.07, 6.45) is 0. The quantitative estimate of drug-likeness (QED) is 0.623. The lowest BCUT2D eigenvalue weighted by Gasteiger charge is -2.02. The van der Waals surface area contributed by atoms with E-state index in [1.165, 1.54) is 0 Å². The maximum atomic E-state index is 11.4. The summed E-state index contributed by atoms with van der Waals surface area (Å²) in [6, 6.07) is 14.4. The molecule has 0 fully saturated rings. The van der Waals surface area contributed by atoms with Crippen LogP contribution in [0.1, 0.15) is 6.92 Å². The Hall–Kier alpha value is -2.53. The molecule has 0 saturated carbocycles. The van der Waals surface area contributed by atoms with Crippen LogP contribution in [0.4, 0.5) is 5.69 Å². The van der Waals surface area contributed by atoms with Gasteiger partial charge in [-0.1, -0.05) is 41.0 Å². The van der Waals surface area contributed by atoms with Crippen LogP contribution in [0.2, 0.25) is 5.02 Å². The minimum atomic E-state index is -0.740. The van der Waals surface area contributed by atoms with Gasteiger partial charge in [-0.25, -0.2) is 4.79 Å². The van der Waals surface area contributed by atoms with Gasteiger partial charge < -0.3 is 4.84 Å². The van der Waals surface area contributed by atoms with Crippen molar-refractivity contribution in [1.82, 2.24) is 0 Å². The number of rotatable bonds is 3. The lowest BCUT2D eigenvalue weighted by Crippen LogP contribution is -2.19. The highest BCUT2D eigenvalue weighted by Gasteiger charge is 2.29. The molecule has 0 N–H and O–H groups in total. The molecule has 0 aliphatic carbocycles. The first-order valence-electron chi connectivity index (χ1n) is 6.66. The number of hydrogen-bond acceptors (Lipinski definition) is 5. The molecular weight excluding hydrogens is 302 g/mol. The molecule has 1 heterocycles. The van der Waals surface area contributed by atoms with Gasteiger partial charge in [0.25, 0.3) is 0 Å². The zero-order valence-corrected chi connectivity index (χ0v) is 12.5. The van der Waals surface area contributed by atoms with E-state index < -0.39 is 12.0 Å². The number of benzene rings is 2. The number of hydrogen-bond donors (Lipinski definition) is 0.